The molecule has 1 saturated heterocycles. The van der Waals surface area contributed by atoms with Crippen molar-refractivity contribution in [3.05, 3.63) is 34.9 Å². The number of hydrogen-bond donors (Lipinski definition) is 1. The van der Waals surface area contributed by atoms with Gasteiger partial charge >= 0.3 is 0 Å². The largest absolute Gasteiger partial charge is 0.373 e. The molecule has 3 unspecified atom stereocenters. The van der Waals surface area contributed by atoms with Gasteiger partial charge in [0.05, 0.1) is 25.4 Å². The second-order valence-electron chi connectivity index (χ2n) is 6.10. The summed E-state index contributed by atoms with van der Waals surface area (Å²) in [6.45, 7) is 5.45. The molecule has 2 fully saturated rings. The van der Waals surface area contributed by atoms with Crippen molar-refractivity contribution in [2.75, 3.05) is 13.2 Å². The normalized spacial score (nSPS) is 28.8. The van der Waals surface area contributed by atoms with Crippen LogP contribution in [0.1, 0.15) is 40.7 Å². The summed E-state index contributed by atoms with van der Waals surface area (Å²) >= 11 is 0. The van der Waals surface area contributed by atoms with E-state index in [2.05, 4.69) is 12.2 Å². The summed E-state index contributed by atoms with van der Waals surface area (Å²) in [5, 5.41) is 3.14. The fourth-order valence-corrected chi connectivity index (χ4v) is 3.15. The highest BCUT2D eigenvalue weighted by Crippen LogP contribution is 2.27. The number of ether oxygens (including phenoxy) is 2. The summed E-state index contributed by atoms with van der Waals surface area (Å²) in [4.78, 5) is 12.4. The van der Waals surface area contributed by atoms with Crippen molar-refractivity contribution >= 4 is 5.91 Å². The van der Waals surface area contributed by atoms with Gasteiger partial charge in [0.1, 0.15) is 0 Å². The van der Waals surface area contributed by atoms with Crippen LogP contribution in [-0.4, -0.2) is 37.4 Å². The van der Waals surface area contributed by atoms with Crippen molar-refractivity contribution in [2.24, 2.45) is 0 Å². The first-order chi connectivity index (χ1) is 10.1. The van der Waals surface area contributed by atoms with E-state index in [4.69, 9.17) is 9.47 Å². The highest BCUT2D eigenvalue weighted by atomic mass is 16.6. The Kier molecular flexibility index (Phi) is 4.27. The molecule has 4 nitrogen and oxygen atoms in total. The molecule has 1 aliphatic heterocycles. The van der Waals surface area contributed by atoms with E-state index in [1.54, 1.807) is 0 Å². The van der Waals surface area contributed by atoms with Crippen molar-refractivity contribution in [1.29, 1.82) is 0 Å². The number of carbonyl (C=O) groups excluding carboxylic acids is 1. The third-order valence-corrected chi connectivity index (χ3v) is 4.58. The SMILES string of the molecule is Cc1ccc(C(=O)NC2CCC3OCCOC3C2)cc1C. The molecular weight excluding hydrogens is 266 g/mol. The Labute approximate surface area is 125 Å². The van der Waals surface area contributed by atoms with Gasteiger partial charge in [-0.05, 0) is 56.4 Å². The molecule has 0 spiro atoms. The Morgan fingerprint density at radius 3 is 2.62 bits per heavy atom. The zero-order valence-corrected chi connectivity index (χ0v) is 12.7. The number of rotatable bonds is 2. The van der Waals surface area contributed by atoms with E-state index in [0.29, 0.717) is 13.2 Å². The van der Waals surface area contributed by atoms with Crippen LogP contribution in [0.5, 0.6) is 0 Å². The van der Waals surface area contributed by atoms with Crippen LogP contribution in [0.3, 0.4) is 0 Å². The van der Waals surface area contributed by atoms with Gasteiger partial charge in [0.2, 0.25) is 0 Å². The topological polar surface area (TPSA) is 47.6 Å². The van der Waals surface area contributed by atoms with Gasteiger partial charge in [-0.3, -0.25) is 4.79 Å². The van der Waals surface area contributed by atoms with Gasteiger partial charge < -0.3 is 14.8 Å². The van der Waals surface area contributed by atoms with Gasteiger partial charge in [-0.2, -0.15) is 0 Å². The van der Waals surface area contributed by atoms with Gasteiger partial charge in [0.25, 0.3) is 5.91 Å². The minimum Gasteiger partial charge on any atom is -0.373 e. The maximum absolute atomic E-state index is 12.4. The molecule has 1 aromatic rings. The average Bonchev–Trinajstić information content (AvgIpc) is 2.50. The molecule has 4 heteroatoms. The predicted molar refractivity (Wildman–Crippen MR) is 80.5 cm³/mol. The number of fused-ring (bicyclic) bond motifs is 1. The van der Waals surface area contributed by atoms with Crippen LogP contribution in [0.4, 0.5) is 0 Å². The van der Waals surface area contributed by atoms with Gasteiger partial charge in [0, 0.05) is 11.6 Å². The third kappa shape index (κ3) is 3.27. The predicted octanol–water partition coefficient (Wildman–Crippen LogP) is 2.37. The first-order valence-corrected chi connectivity index (χ1v) is 7.75. The van der Waals surface area contributed by atoms with Crippen molar-refractivity contribution < 1.29 is 14.3 Å². The highest BCUT2D eigenvalue weighted by molar-refractivity contribution is 5.94. The quantitative estimate of drug-likeness (QED) is 0.909. The first kappa shape index (κ1) is 14.5. The molecule has 2 aliphatic rings. The van der Waals surface area contributed by atoms with Gasteiger partial charge in [-0.1, -0.05) is 6.07 Å². The lowest BCUT2D eigenvalue weighted by molar-refractivity contribution is -0.157. The van der Waals surface area contributed by atoms with Crippen molar-refractivity contribution in [3.8, 4) is 0 Å². The number of nitrogens with one attached hydrogen (secondary N) is 1. The van der Waals surface area contributed by atoms with Crippen LogP contribution in [0.25, 0.3) is 0 Å². The van der Waals surface area contributed by atoms with E-state index < -0.39 is 0 Å². The molecule has 21 heavy (non-hydrogen) atoms. The van der Waals surface area contributed by atoms with Crippen LogP contribution in [0, 0.1) is 13.8 Å². The summed E-state index contributed by atoms with van der Waals surface area (Å²) in [5.74, 6) is 0.0123. The summed E-state index contributed by atoms with van der Waals surface area (Å²) in [7, 11) is 0. The Morgan fingerprint density at radius 1 is 1.10 bits per heavy atom. The van der Waals surface area contributed by atoms with Crippen molar-refractivity contribution in [3.63, 3.8) is 0 Å². The number of amides is 1. The molecular formula is C17H23NO3. The Hall–Kier alpha value is -1.39. The summed E-state index contributed by atoms with van der Waals surface area (Å²) in [5.41, 5.74) is 3.09. The van der Waals surface area contributed by atoms with Gasteiger partial charge in [-0.15, -0.1) is 0 Å². The maximum atomic E-state index is 12.4. The highest BCUT2D eigenvalue weighted by Gasteiger charge is 2.34. The van der Waals surface area contributed by atoms with Crippen LogP contribution in [0.15, 0.2) is 18.2 Å². The van der Waals surface area contributed by atoms with Crippen LogP contribution < -0.4 is 5.32 Å². The molecule has 114 valence electrons. The van der Waals surface area contributed by atoms with Gasteiger partial charge in [-0.25, -0.2) is 0 Å². The molecule has 0 bridgehead atoms. The smallest absolute Gasteiger partial charge is 0.251 e. The molecule has 1 aliphatic carbocycles. The summed E-state index contributed by atoms with van der Waals surface area (Å²) in [6, 6.07) is 6.03. The van der Waals surface area contributed by atoms with Crippen LogP contribution in [0.2, 0.25) is 0 Å². The fraction of sp³-hybridized carbons (Fsp3) is 0.588. The number of carbonyl (C=O) groups is 1. The third-order valence-electron chi connectivity index (χ3n) is 4.58. The van der Waals surface area contributed by atoms with Crippen LogP contribution >= 0.6 is 0 Å². The second-order valence-corrected chi connectivity index (χ2v) is 6.10. The number of benzene rings is 1. The summed E-state index contributed by atoms with van der Waals surface area (Å²) < 4.78 is 11.5. The fourth-order valence-electron chi connectivity index (χ4n) is 3.15. The van der Waals surface area contributed by atoms with E-state index >= 15 is 0 Å². The molecule has 1 amide bonds. The van der Waals surface area contributed by atoms with Gasteiger partial charge in [0.15, 0.2) is 0 Å². The Balaban J connectivity index is 1.61. The zero-order chi connectivity index (χ0) is 14.8. The second kappa shape index (κ2) is 6.16. The van der Waals surface area contributed by atoms with E-state index in [9.17, 15) is 4.79 Å². The molecule has 3 atom stereocenters. The van der Waals surface area contributed by atoms with E-state index in [1.165, 1.54) is 5.56 Å². The first-order valence-electron chi connectivity index (χ1n) is 7.75. The molecule has 1 saturated carbocycles. The van der Waals surface area contributed by atoms with Crippen molar-refractivity contribution in [1.82, 2.24) is 5.32 Å². The average molecular weight is 289 g/mol. The minimum absolute atomic E-state index is 0.0123. The number of hydrogen-bond acceptors (Lipinski definition) is 3. The summed E-state index contributed by atoms with van der Waals surface area (Å²) in [6.07, 6.45) is 3.12. The molecule has 3 rings (SSSR count). The molecule has 0 aromatic heterocycles. The maximum Gasteiger partial charge on any atom is 0.251 e. The Bertz CT molecular complexity index is 529. The van der Waals surface area contributed by atoms with Crippen molar-refractivity contribution in [2.45, 2.75) is 51.4 Å². The van der Waals surface area contributed by atoms with Crippen LogP contribution in [-0.2, 0) is 9.47 Å². The molecule has 1 aromatic carbocycles. The molecule has 0 radical (unpaired) electrons. The lowest BCUT2D eigenvalue weighted by Crippen LogP contribution is -2.49. The van der Waals surface area contributed by atoms with E-state index in [-0.39, 0.29) is 24.2 Å². The molecule has 1 N–H and O–H groups in total. The lowest BCUT2D eigenvalue weighted by atomic mass is 9.89. The monoisotopic (exact) mass is 289 g/mol. The Morgan fingerprint density at radius 2 is 1.86 bits per heavy atom. The van der Waals surface area contributed by atoms with E-state index in [0.717, 1.165) is 30.4 Å². The van der Waals surface area contributed by atoms with E-state index in [1.807, 2.05) is 25.1 Å². The lowest BCUT2D eigenvalue weighted by Gasteiger charge is -2.39. The number of aryl methyl sites for hydroxylation is 2. The zero-order valence-electron chi connectivity index (χ0n) is 12.7. The minimum atomic E-state index is 0.0123. The molecule has 1 heterocycles. The standard InChI is InChI=1S/C17H23NO3/c1-11-3-4-13(9-12(11)2)17(19)18-14-5-6-15-16(10-14)21-8-7-20-15/h3-4,9,14-16H,5-8,10H2,1-2H3,(H,18,19).